The Bertz CT molecular complexity index is 729. The Morgan fingerprint density at radius 2 is 2.19 bits per heavy atom. The Labute approximate surface area is 157 Å². The standard InChI is InChI=1S/C20H24O7/c1-4-11(2)19(24)27-18-16-12(3)20(25)26-15(16)8-13(9-21)6-5-7-14(10-22)17(18)23/h4,7-8,10,15-18,21,23H,3,5-6,9H2,1-2H3/b11-4-,13-8+,14-7-/t15-,16+,17+,18+/m1/s1. The molecule has 0 unspecified atom stereocenters. The maximum Gasteiger partial charge on any atom is 0.334 e. The van der Waals surface area contributed by atoms with E-state index in [0.29, 0.717) is 30.3 Å². The average molecular weight is 376 g/mol. The minimum absolute atomic E-state index is 0.0364. The fourth-order valence-electron chi connectivity index (χ4n) is 3.10. The van der Waals surface area contributed by atoms with Crippen LogP contribution in [-0.4, -0.2) is 53.4 Å². The van der Waals surface area contributed by atoms with E-state index < -0.39 is 36.2 Å². The highest BCUT2D eigenvalue weighted by Crippen LogP contribution is 2.36. The van der Waals surface area contributed by atoms with Gasteiger partial charge in [0.2, 0.25) is 0 Å². The van der Waals surface area contributed by atoms with Gasteiger partial charge in [0.1, 0.15) is 24.6 Å². The molecule has 0 bridgehead atoms. The molecule has 7 heteroatoms. The van der Waals surface area contributed by atoms with E-state index >= 15 is 0 Å². The zero-order valence-corrected chi connectivity index (χ0v) is 15.4. The summed E-state index contributed by atoms with van der Waals surface area (Å²) in [6.07, 6.45) is 2.43. The van der Waals surface area contributed by atoms with Crippen molar-refractivity contribution in [3.63, 3.8) is 0 Å². The fraction of sp³-hybridized carbons (Fsp3) is 0.450. The SMILES string of the molecule is C=C1C(=O)O[C@@H]2/C=C(/CO)CC/C=C(/C=O)[C@H](O)[C@@H](OC(=O)/C(C)=C\C)[C@@H]12. The number of hydrogen-bond acceptors (Lipinski definition) is 7. The second kappa shape index (κ2) is 8.92. The Hall–Kier alpha value is -2.51. The molecule has 0 spiro atoms. The van der Waals surface area contributed by atoms with Crippen LogP contribution in [0, 0.1) is 5.92 Å². The molecule has 0 radical (unpaired) electrons. The minimum Gasteiger partial charge on any atom is -0.455 e. The van der Waals surface area contributed by atoms with E-state index in [1.165, 1.54) is 6.08 Å². The number of aliphatic hydroxyl groups is 2. The lowest BCUT2D eigenvalue weighted by Crippen LogP contribution is -2.43. The molecule has 0 aromatic heterocycles. The van der Waals surface area contributed by atoms with Crippen LogP contribution in [0.4, 0.5) is 0 Å². The van der Waals surface area contributed by atoms with Gasteiger partial charge < -0.3 is 19.7 Å². The lowest BCUT2D eigenvalue weighted by Gasteiger charge is -2.30. The number of ether oxygens (including phenoxy) is 2. The van der Waals surface area contributed by atoms with Gasteiger partial charge in [-0.1, -0.05) is 18.7 Å². The van der Waals surface area contributed by atoms with Crippen molar-refractivity contribution in [2.24, 2.45) is 5.92 Å². The summed E-state index contributed by atoms with van der Waals surface area (Å²) in [5, 5.41) is 20.3. The third-order valence-corrected chi connectivity index (χ3v) is 4.85. The smallest absolute Gasteiger partial charge is 0.334 e. The predicted octanol–water partition coefficient (Wildman–Crippen LogP) is 1.16. The third kappa shape index (κ3) is 4.43. The molecular weight excluding hydrogens is 352 g/mol. The van der Waals surface area contributed by atoms with Crippen LogP contribution in [0.5, 0.6) is 0 Å². The number of aliphatic hydroxyl groups excluding tert-OH is 2. The first-order chi connectivity index (χ1) is 12.8. The van der Waals surface area contributed by atoms with Gasteiger partial charge in [-0.15, -0.1) is 0 Å². The maximum absolute atomic E-state index is 12.3. The highest BCUT2D eigenvalue weighted by atomic mass is 16.6. The summed E-state index contributed by atoms with van der Waals surface area (Å²) in [7, 11) is 0. The Kier molecular flexibility index (Phi) is 6.87. The summed E-state index contributed by atoms with van der Waals surface area (Å²) in [5.74, 6) is -2.24. The van der Waals surface area contributed by atoms with Crippen molar-refractivity contribution >= 4 is 18.2 Å². The number of allylic oxidation sites excluding steroid dienone is 2. The first-order valence-electron chi connectivity index (χ1n) is 8.71. The van der Waals surface area contributed by atoms with Gasteiger partial charge in [0.05, 0.1) is 12.5 Å². The van der Waals surface area contributed by atoms with Gasteiger partial charge in [0, 0.05) is 16.7 Å². The molecule has 1 heterocycles. The number of hydrogen-bond donors (Lipinski definition) is 2. The van der Waals surface area contributed by atoms with Crippen LogP contribution in [0.25, 0.3) is 0 Å². The molecule has 4 atom stereocenters. The van der Waals surface area contributed by atoms with E-state index in [9.17, 15) is 24.6 Å². The summed E-state index contributed by atoms with van der Waals surface area (Å²) in [6.45, 7) is 6.68. The number of carbonyl (C=O) groups is 3. The van der Waals surface area contributed by atoms with Crippen molar-refractivity contribution in [1.29, 1.82) is 0 Å². The highest BCUT2D eigenvalue weighted by molar-refractivity contribution is 5.92. The van der Waals surface area contributed by atoms with Crippen LogP contribution in [0.3, 0.4) is 0 Å². The van der Waals surface area contributed by atoms with Gasteiger partial charge in [-0.3, -0.25) is 4.79 Å². The van der Waals surface area contributed by atoms with Gasteiger partial charge in [-0.05, 0) is 38.3 Å². The van der Waals surface area contributed by atoms with Crippen LogP contribution in [0.2, 0.25) is 0 Å². The average Bonchev–Trinajstić information content (AvgIpc) is 2.94. The number of fused-ring (bicyclic) bond motifs is 1. The van der Waals surface area contributed by atoms with Gasteiger partial charge in [0.25, 0.3) is 0 Å². The van der Waals surface area contributed by atoms with Crippen molar-refractivity contribution in [2.45, 2.75) is 45.0 Å². The van der Waals surface area contributed by atoms with E-state index in [0.717, 1.165) is 0 Å². The molecule has 1 fully saturated rings. The largest absolute Gasteiger partial charge is 0.455 e. The molecule has 146 valence electrons. The lowest BCUT2D eigenvalue weighted by molar-refractivity contribution is -0.153. The van der Waals surface area contributed by atoms with E-state index in [2.05, 4.69) is 6.58 Å². The lowest BCUT2D eigenvalue weighted by atomic mass is 9.83. The topological polar surface area (TPSA) is 110 Å². The molecule has 0 aromatic carbocycles. The summed E-state index contributed by atoms with van der Waals surface area (Å²) in [4.78, 5) is 35.9. The summed E-state index contributed by atoms with van der Waals surface area (Å²) in [5.41, 5.74) is 1.00. The van der Waals surface area contributed by atoms with Crippen molar-refractivity contribution in [3.05, 3.63) is 47.1 Å². The molecule has 1 aliphatic heterocycles. The Balaban J connectivity index is 2.54. The summed E-state index contributed by atoms with van der Waals surface area (Å²) < 4.78 is 10.8. The quantitative estimate of drug-likeness (QED) is 0.328. The van der Waals surface area contributed by atoms with Crippen LogP contribution >= 0.6 is 0 Å². The Morgan fingerprint density at radius 1 is 1.48 bits per heavy atom. The number of rotatable bonds is 4. The fourth-order valence-corrected chi connectivity index (χ4v) is 3.10. The first-order valence-corrected chi connectivity index (χ1v) is 8.71. The molecule has 0 amide bonds. The molecule has 1 saturated heterocycles. The van der Waals surface area contributed by atoms with Crippen molar-refractivity contribution < 1.29 is 34.1 Å². The second-order valence-corrected chi connectivity index (χ2v) is 6.55. The van der Waals surface area contributed by atoms with Crippen LogP contribution in [0.15, 0.2) is 47.1 Å². The molecule has 27 heavy (non-hydrogen) atoms. The highest BCUT2D eigenvalue weighted by Gasteiger charge is 2.48. The van der Waals surface area contributed by atoms with E-state index in [-0.39, 0.29) is 17.8 Å². The number of aldehydes is 1. The van der Waals surface area contributed by atoms with Crippen LogP contribution in [-0.2, 0) is 23.9 Å². The van der Waals surface area contributed by atoms with E-state index in [1.54, 1.807) is 26.0 Å². The van der Waals surface area contributed by atoms with Gasteiger partial charge >= 0.3 is 11.9 Å². The zero-order chi connectivity index (χ0) is 20.1. The first kappa shape index (κ1) is 20.8. The predicted molar refractivity (Wildman–Crippen MR) is 96.4 cm³/mol. The molecular formula is C20H24O7. The van der Waals surface area contributed by atoms with E-state index in [4.69, 9.17) is 9.47 Å². The minimum atomic E-state index is -1.45. The third-order valence-electron chi connectivity index (χ3n) is 4.85. The van der Waals surface area contributed by atoms with Gasteiger partial charge in [-0.2, -0.15) is 0 Å². The maximum atomic E-state index is 12.3. The molecule has 0 saturated carbocycles. The normalized spacial score (nSPS) is 33.1. The van der Waals surface area contributed by atoms with Crippen LogP contribution in [0.1, 0.15) is 26.7 Å². The molecule has 1 aliphatic carbocycles. The summed E-state index contributed by atoms with van der Waals surface area (Å²) in [6, 6.07) is 0. The summed E-state index contributed by atoms with van der Waals surface area (Å²) >= 11 is 0. The second-order valence-electron chi connectivity index (χ2n) is 6.55. The Morgan fingerprint density at radius 3 is 2.78 bits per heavy atom. The number of carbonyl (C=O) groups excluding carboxylic acids is 3. The molecule has 7 nitrogen and oxygen atoms in total. The van der Waals surface area contributed by atoms with Gasteiger partial charge in [0.15, 0.2) is 0 Å². The van der Waals surface area contributed by atoms with E-state index in [1.807, 2.05) is 0 Å². The van der Waals surface area contributed by atoms with Gasteiger partial charge in [-0.25, -0.2) is 9.59 Å². The van der Waals surface area contributed by atoms with Crippen LogP contribution < -0.4 is 0 Å². The molecule has 2 rings (SSSR count). The van der Waals surface area contributed by atoms with Crippen molar-refractivity contribution in [2.75, 3.05) is 6.61 Å². The molecule has 0 aromatic rings. The van der Waals surface area contributed by atoms with Crippen molar-refractivity contribution in [1.82, 2.24) is 0 Å². The monoisotopic (exact) mass is 376 g/mol. The molecule has 2 N–H and O–H groups in total. The zero-order valence-electron chi connectivity index (χ0n) is 15.4. The molecule has 2 aliphatic rings. The van der Waals surface area contributed by atoms with Crippen molar-refractivity contribution in [3.8, 4) is 0 Å². The number of esters is 2.